The van der Waals surface area contributed by atoms with E-state index in [9.17, 15) is 4.79 Å². The van der Waals surface area contributed by atoms with Gasteiger partial charge in [0.25, 0.3) is 0 Å². The first-order chi connectivity index (χ1) is 11.8. The van der Waals surface area contributed by atoms with Crippen molar-refractivity contribution in [1.82, 2.24) is 15.2 Å². The average Bonchev–Trinajstić information content (AvgIpc) is 3.07. The van der Waals surface area contributed by atoms with Crippen LogP contribution < -0.4 is 10.6 Å². The van der Waals surface area contributed by atoms with E-state index in [0.29, 0.717) is 19.0 Å². The zero-order chi connectivity index (χ0) is 16.6. The molecule has 1 aromatic carbocycles. The Kier molecular flexibility index (Phi) is 5.80. The molecular formula is C19H24N4O. The van der Waals surface area contributed by atoms with Crippen LogP contribution in [0.1, 0.15) is 12.0 Å². The minimum Gasteiger partial charge on any atom is -0.370 e. The van der Waals surface area contributed by atoms with Crippen LogP contribution in [0.2, 0.25) is 0 Å². The standard InChI is InChI=1S/C19H24N4O/c24-19(22-12-16-6-2-1-3-7-16)15-23-11-9-17(14-23)13-21-18-8-4-5-10-20-18/h1-8,10,17H,9,11-15H2,(H,20,21)(H,22,24)/t17-/m0/s1. The van der Waals surface area contributed by atoms with E-state index in [-0.39, 0.29) is 5.91 Å². The van der Waals surface area contributed by atoms with Crippen molar-refractivity contribution in [2.24, 2.45) is 5.92 Å². The number of carbonyl (C=O) groups is 1. The summed E-state index contributed by atoms with van der Waals surface area (Å²) < 4.78 is 0. The summed E-state index contributed by atoms with van der Waals surface area (Å²) in [6.07, 6.45) is 2.91. The van der Waals surface area contributed by atoms with E-state index in [1.165, 1.54) is 0 Å². The number of anilines is 1. The molecule has 2 N–H and O–H groups in total. The Labute approximate surface area is 143 Å². The van der Waals surface area contributed by atoms with E-state index in [4.69, 9.17) is 0 Å². The van der Waals surface area contributed by atoms with Crippen LogP contribution in [0.5, 0.6) is 0 Å². The lowest BCUT2D eigenvalue weighted by Crippen LogP contribution is -2.36. The molecule has 1 atom stereocenters. The van der Waals surface area contributed by atoms with E-state index in [1.807, 2.05) is 48.5 Å². The van der Waals surface area contributed by atoms with Crippen molar-refractivity contribution in [3.63, 3.8) is 0 Å². The van der Waals surface area contributed by atoms with Crippen LogP contribution in [0, 0.1) is 5.92 Å². The van der Waals surface area contributed by atoms with Gasteiger partial charge in [-0.05, 0) is 36.6 Å². The summed E-state index contributed by atoms with van der Waals surface area (Å²) in [5, 5.41) is 6.36. The molecule has 1 amide bonds. The molecule has 24 heavy (non-hydrogen) atoms. The van der Waals surface area contributed by atoms with Crippen molar-refractivity contribution in [2.45, 2.75) is 13.0 Å². The summed E-state index contributed by atoms with van der Waals surface area (Å²) in [7, 11) is 0. The topological polar surface area (TPSA) is 57.3 Å². The molecule has 5 heteroatoms. The van der Waals surface area contributed by atoms with E-state index in [0.717, 1.165) is 37.4 Å². The number of nitrogens with one attached hydrogen (secondary N) is 2. The zero-order valence-corrected chi connectivity index (χ0v) is 13.8. The van der Waals surface area contributed by atoms with Crippen molar-refractivity contribution >= 4 is 11.7 Å². The Morgan fingerprint density at radius 1 is 1.17 bits per heavy atom. The second kappa shape index (κ2) is 8.45. The van der Waals surface area contributed by atoms with Gasteiger partial charge in [-0.2, -0.15) is 0 Å². The molecule has 2 heterocycles. The Bertz CT molecular complexity index is 632. The van der Waals surface area contributed by atoms with Crippen LogP contribution in [0.25, 0.3) is 0 Å². The van der Waals surface area contributed by atoms with Gasteiger partial charge in [0.15, 0.2) is 0 Å². The first-order valence-electron chi connectivity index (χ1n) is 8.47. The molecule has 1 fully saturated rings. The van der Waals surface area contributed by atoms with E-state index >= 15 is 0 Å². The largest absolute Gasteiger partial charge is 0.370 e. The summed E-state index contributed by atoms with van der Waals surface area (Å²) in [6, 6.07) is 15.9. The summed E-state index contributed by atoms with van der Waals surface area (Å²) in [5.74, 6) is 1.57. The monoisotopic (exact) mass is 324 g/mol. The summed E-state index contributed by atoms with van der Waals surface area (Å²) in [5.41, 5.74) is 1.13. The third kappa shape index (κ3) is 5.06. The maximum atomic E-state index is 12.1. The van der Waals surface area contributed by atoms with E-state index < -0.39 is 0 Å². The lowest BCUT2D eigenvalue weighted by molar-refractivity contribution is -0.122. The maximum Gasteiger partial charge on any atom is 0.234 e. The molecule has 0 unspecified atom stereocenters. The molecular weight excluding hydrogens is 300 g/mol. The number of nitrogens with zero attached hydrogens (tertiary/aromatic N) is 2. The number of hydrogen-bond acceptors (Lipinski definition) is 4. The predicted octanol–water partition coefficient (Wildman–Crippen LogP) is 2.13. The van der Waals surface area contributed by atoms with Crippen molar-refractivity contribution in [1.29, 1.82) is 0 Å². The molecule has 3 rings (SSSR count). The number of pyridine rings is 1. The number of likely N-dealkylation sites (tertiary alicyclic amines) is 1. The van der Waals surface area contributed by atoms with Crippen molar-refractivity contribution in [2.75, 3.05) is 31.5 Å². The Hall–Kier alpha value is -2.40. The Morgan fingerprint density at radius 2 is 2.00 bits per heavy atom. The molecule has 5 nitrogen and oxygen atoms in total. The molecule has 126 valence electrons. The minimum absolute atomic E-state index is 0.0946. The number of rotatable bonds is 7. The van der Waals surface area contributed by atoms with Crippen LogP contribution in [0.4, 0.5) is 5.82 Å². The molecule has 1 aliphatic rings. The fourth-order valence-corrected chi connectivity index (χ4v) is 2.99. The Balaban J connectivity index is 1.35. The third-order valence-electron chi connectivity index (χ3n) is 4.31. The molecule has 0 saturated carbocycles. The van der Waals surface area contributed by atoms with Gasteiger partial charge in [0.2, 0.25) is 5.91 Å². The predicted molar refractivity (Wildman–Crippen MR) is 95.6 cm³/mol. The zero-order valence-electron chi connectivity index (χ0n) is 13.8. The second-order valence-corrected chi connectivity index (χ2v) is 6.25. The smallest absolute Gasteiger partial charge is 0.234 e. The molecule has 0 radical (unpaired) electrons. The van der Waals surface area contributed by atoms with Gasteiger partial charge in [-0.15, -0.1) is 0 Å². The van der Waals surface area contributed by atoms with Crippen molar-refractivity contribution < 1.29 is 4.79 Å². The van der Waals surface area contributed by atoms with Gasteiger partial charge in [0, 0.05) is 25.8 Å². The highest BCUT2D eigenvalue weighted by Gasteiger charge is 2.23. The summed E-state index contributed by atoms with van der Waals surface area (Å²) >= 11 is 0. The lowest BCUT2D eigenvalue weighted by atomic mass is 10.1. The highest BCUT2D eigenvalue weighted by Crippen LogP contribution is 2.16. The number of aromatic nitrogens is 1. The van der Waals surface area contributed by atoms with Gasteiger partial charge in [0.05, 0.1) is 6.54 Å². The SMILES string of the molecule is O=C(CN1CC[C@@H](CNc2ccccn2)C1)NCc1ccccc1. The summed E-state index contributed by atoms with van der Waals surface area (Å²) in [4.78, 5) is 18.6. The van der Waals surface area contributed by atoms with Crippen LogP contribution in [0.3, 0.4) is 0 Å². The minimum atomic E-state index is 0.0946. The molecule has 0 bridgehead atoms. The molecule has 1 aromatic heterocycles. The molecule has 1 aliphatic heterocycles. The second-order valence-electron chi connectivity index (χ2n) is 6.25. The van der Waals surface area contributed by atoms with Crippen LogP contribution in [0.15, 0.2) is 54.7 Å². The highest BCUT2D eigenvalue weighted by atomic mass is 16.2. The number of benzene rings is 1. The average molecular weight is 324 g/mol. The molecule has 0 spiro atoms. The normalized spacial score (nSPS) is 17.6. The van der Waals surface area contributed by atoms with Gasteiger partial charge in [-0.1, -0.05) is 36.4 Å². The number of amides is 1. The van der Waals surface area contributed by atoms with Crippen LogP contribution >= 0.6 is 0 Å². The van der Waals surface area contributed by atoms with Gasteiger partial charge >= 0.3 is 0 Å². The first kappa shape index (κ1) is 16.5. The molecule has 1 saturated heterocycles. The maximum absolute atomic E-state index is 12.1. The van der Waals surface area contributed by atoms with Crippen molar-refractivity contribution in [3.8, 4) is 0 Å². The number of hydrogen-bond donors (Lipinski definition) is 2. The van der Waals surface area contributed by atoms with E-state index in [1.54, 1.807) is 6.20 Å². The lowest BCUT2D eigenvalue weighted by Gasteiger charge is -2.16. The number of carbonyl (C=O) groups excluding carboxylic acids is 1. The van der Waals surface area contributed by atoms with Gasteiger partial charge in [0.1, 0.15) is 5.82 Å². The van der Waals surface area contributed by atoms with Gasteiger partial charge in [-0.25, -0.2) is 4.98 Å². The fraction of sp³-hybridized carbons (Fsp3) is 0.368. The highest BCUT2D eigenvalue weighted by molar-refractivity contribution is 5.78. The quantitative estimate of drug-likeness (QED) is 0.819. The van der Waals surface area contributed by atoms with Crippen LogP contribution in [-0.2, 0) is 11.3 Å². The van der Waals surface area contributed by atoms with E-state index in [2.05, 4.69) is 20.5 Å². The Morgan fingerprint density at radius 3 is 2.79 bits per heavy atom. The molecule has 2 aromatic rings. The van der Waals surface area contributed by atoms with Gasteiger partial charge in [-0.3, -0.25) is 9.69 Å². The fourth-order valence-electron chi connectivity index (χ4n) is 2.99. The molecule has 0 aliphatic carbocycles. The first-order valence-corrected chi connectivity index (χ1v) is 8.47. The summed E-state index contributed by atoms with van der Waals surface area (Å²) in [6.45, 7) is 3.91. The van der Waals surface area contributed by atoms with Crippen molar-refractivity contribution in [3.05, 3.63) is 60.3 Å². The third-order valence-corrected chi connectivity index (χ3v) is 4.31. The van der Waals surface area contributed by atoms with Gasteiger partial charge < -0.3 is 10.6 Å². The van der Waals surface area contributed by atoms with Crippen LogP contribution in [-0.4, -0.2) is 42.0 Å².